The van der Waals surface area contributed by atoms with Gasteiger partial charge < -0.3 is 19.9 Å². The zero-order valence-electron chi connectivity index (χ0n) is 9.76. The molecule has 7 N–H and O–H groups in total. The molecule has 0 aliphatic heterocycles. The first-order chi connectivity index (χ1) is 9.09. The fourth-order valence-electron chi connectivity index (χ4n) is 0.706. The van der Waals surface area contributed by atoms with E-state index >= 15 is 0 Å². The Kier molecular flexibility index (Phi) is 9.18. The van der Waals surface area contributed by atoms with E-state index in [1.807, 2.05) is 0 Å². The molecule has 1 heterocycles. The van der Waals surface area contributed by atoms with Crippen LogP contribution in [-0.4, -0.2) is 46.1 Å². The third kappa shape index (κ3) is 24.1. The largest absolute Gasteiger partial charge is 0.726 e. The molecule has 0 saturated heterocycles. The molecule has 0 bridgehead atoms. The molecule has 0 aliphatic carbocycles. The van der Waals surface area contributed by atoms with E-state index in [0.717, 1.165) is 0 Å². The number of aromatic amines is 1. The summed E-state index contributed by atoms with van der Waals surface area (Å²) in [6.07, 6.45) is 0. The van der Waals surface area contributed by atoms with Crippen LogP contribution in [0.4, 0.5) is 5.69 Å². The highest BCUT2D eigenvalue weighted by Gasteiger charge is 2.14. The van der Waals surface area contributed by atoms with E-state index in [2.05, 4.69) is 10.7 Å². The van der Waals surface area contributed by atoms with Crippen molar-refractivity contribution in [2.75, 3.05) is 0 Å². The van der Waals surface area contributed by atoms with Crippen LogP contribution in [0.1, 0.15) is 10.5 Å². The Hall–Kier alpha value is -1.39. The van der Waals surface area contributed by atoms with Crippen molar-refractivity contribution in [3.05, 3.63) is 23.0 Å². The quantitative estimate of drug-likeness (QED) is 0.235. The maximum absolute atomic E-state index is 10.4. The molecular weight excluding hydrogens is 360 g/mol. The highest BCUT2D eigenvalue weighted by molar-refractivity contribution is 7.80. The lowest BCUT2D eigenvalue weighted by atomic mass is 10.3. The smallest absolute Gasteiger partial charge is 0.401 e. The van der Waals surface area contributed by atoms with Crippen molar-refractivity contribution in [3.63, 3.8) is 0 Å². The Morgan fingerprint density at radius 3 is 1.71 bits per heavy atom. The molecule has 1 aromatic rings. The van der Waals surface area contributed by atoms with Crippen LogP contribution in [0, 0.1) is 0 Å². The summed E-state index contributed by atoms with van der Waals surface area (Å²) in [5.74, 6) is -1.04. The first kappa shape index (κ1) is 21.9. The number of nitrogens with one attached hydrogen (secondary N) is 1. The van der Waals surface area contributed by atoms with Gasteiger partial charge in [-0.3, -0.25) is 9.11 Å². The van der Waals surface area contributed by atoms with Crippen molar-refractivity contribution in [1.82, 2.24) is 0 Å². The summed E-state index contributed by atoms with van der Waals surface area (Å²) >= 11 is 5.54. The molecule has 1 rings (SSSR count). The van der Waals surface area contributed by atoms with Crippen molar-refractivity contribution in [1.29, 1.82) is 0 Å². The Morgan fingerprint density at radius 1 is 1.14 bits per heavy atom. The molecule has 0 radical (unpaired) electrons. The summed E-state index contributed by atoms with van der Waals surface area (Å²) in [4.78, 5) is 12.9. The second-order valence-corrected chi connectivity index (χ2v) is 5.03. The zero-order valence-corrected chi connectivity index (χ0v) is 12.1. The number of carbonyl (C=O) groups is 1. The first-order valence-corrected chi connectivity index (χ1v) is 7.35. The maximum Gasteiger partial charge on any atom is 0.401 e. The molecule has 0 aliphatic rings. The van der Waals surface area contributed by atoms with Gasteiger partial charge in [0.05, 0.1) is 12.1 Å². The molecular formula is C6H9ClN2O10S2. The van der Waals surface area contributed by atoms with Crippen molar-refractivity contribution in [2.45, 2.75) is 0 Å². The van der Waals surface area contributed by atoms with Crippen molar-refractivity contribution >= 4 is 44.1 Å². The molecule has 0 amide bonds. The summed E-state index contributed by atoms with van der Waals surface area (Å²) in [6, 6.07) is 2.96. The van der Waals surface area contributed by atoms with Crippen LogP contribution in [-0.2, 0) is 20.8 Å². The van der Waals surface area contributed by atoms with Crippen LogP contribution in [0.25, 0.3) is 0 Å². The second-order valence-electron chi connectivity index (χ2n) is 2.91. The molecule has 122 valence electrons. The molecule has 0 saturated carbocycles. The van der Waals surface area contributed by atoms with E-state index in [-0.39, 0.29) is 10.8 Å². The SMILES string of the molecule is O=S(=O)([O-])O.O=S(=O)([O-])O.[NH3+]c1cc(Cl)[nH+]c(C(=O)O)c1. The van der Waals surface area contributed by atoms with Crippen LogP contribution in [0.3, 0.4) is 0 Å². The minimum atomic E-state index is -4.92. The predicted molar refractivity (Wildman–Crippen MR) is 62.2 cm³/mol. The first-order valence-electron chi connectivity index (χ1n) is 4.24. The molecule has 0 unspecified atom stereocenters. The molecule has 0 fully saturated rings. The highest BCUT2D eigenvalue weighted by atomic mass is 35.5. The Labute approximate surface area is 123 Å². The summed E-state index contributed by atoms with van der Waals surface area (Å²) in [5, 5.41) is 8.79. The van der Waals surface area contributed by atoms with Gasteiger partial charge in [0.25, 0.3) is 10.8 Å². The van der Waals surface area contributed by atoms with E-state index in [0.29, 0.717) is 5.69 Å². The maximum atomic E-state index is 10.4. The van der Waals surface area contributed by atoms with Crippen molar-refractivity contribution < 1.29 is 55.7 Å². The second kappa shape index (κ2) is 8.80. The van der Waals surface area contributed by atoms with Crippen LogP contribution in [0.15, 0.2) is 12.1 Å². The topological polar surface area (TPSA) is 234 Å². The number of halogens is 1. The number of quaternary nitrogens is 1. The Morgan fingerprint density at radius 2 is 1.48 bits per heavy atom. The number of rotatable bonds is 1. The number of carboxylic acid groups (broad SMARTS) is 1. The average molecular weight is 369 g/mol. The van der Waals surface area contributed by atoms with Crippen LogP contribution in [0.5, 0.6) is 0 Å². The van der Waals surface area contributed by atoms with Gasteiger partial charge in [-0.1, -0.05) is 0 Å². The molecule has 15 heteroatoms. The van der Waals surface area contributed by atoms with Crippen LogP contribution >= 0.6 is 11.6 Å². The van der Waals surface area contributed by atoms with Gasteiger partial charge in [-0.2, -0.15) is 4.98 Å². The number of H-pyrrole nitrogens is 1. The number of hydrogen-bond donors (Lipinski definition) is 4. The van der Waals surface area contributed by atoms with Crippen LogP contribution < -0.4 is 10.7 Å². The van der Waals surface area contributed by atoms with E-state index in [4.69, 9.17) is 51.8 Å². The van der Waals surface area contributed by atoms with Crippen molar-refractivity contribution in [2.24, 2.45) is 0 Å². The molecule has 21 heavy (non-hydrogen) atoms. The summed E-state index contributed by atoms with van der Waals surface area (Å²) in [7, 11) is -9.83. The van der Waals surface area contributed by atoms with Gasteiger partial charge in [-0.05, 0) is 11.6 Å². The van der Waals surface area contributed by atoms with Gasteiger partial charge in [0.15, 0.2) is 0 Å². The van der Waals surface area contributed by atoms with Gasteiger partial charge >= 0.3 is 5.97 Å². The third-order valence-corrected chi connectivity index (χ3v) is 1.33. The molecule has 0 spiro atoms. The van der Waals surface area contributed by atoms with Gasteiger partial charge in [0, 0.05) is 0 Å². The monoisotopic (exact) mass is 368 g/mol. The van der Waals surface area contributed by atoms with E-state index in [9.17, 15) is 4.79 Å². The lowest BCUT2D eigenvalue weighted by molar-refractivity contribution is -0.383. The van der Waals surface area contributed by atoms with Crippen molar-refractivity contribution in [3.8, 4) is 0 Å². The standard InChI is InChI=1S/C6H5ClN2O2.2H2O4S/c7-5-2-3(8)1-4(9-5)6(10)11;2*1-5(2,3)4/h1-2H,(H2,8,9)(H,10,11);2*(H2,1,2,3,4). The number of carboxylic acids is 1. The lowest BCUT2D eigenvalue weighted by Gasteiger charge is -1.88. The Balaban J connectivity index is 0. The minimum absolute atomic E-state index is 0.0440. The summed E-state index contributed by atoms with van der Waals surface area (Å²) in [6.45, 7) is 0. The number of aromatic carboxylic acids is 1. The van der Waals surface area contributed by atoms with Gasteiger partial charge in [0.1, 0.15) is 5.69 Å². The van der Waals surface area contributed by atoms with Crippen LogP contribution in [0.2, 0.25) is 5.15 Å². The van der Waals surface area contributed by atoms with Gasteiger partial charge in [0.2, 0.25) is 20.8 Å². The zero-order chi connectivity index (χ0) is 17.4. The molecule has 12 nitrogen and oxygen atoms in total. The molecule has 0 aromatic carbocycles. The lowest BCUT2D eigenvalue weighted by Crippen LogP contribution is -2.41. The third-order valence-electron chi connectivity index (χ3n) is 1.13. The number of hydrogen-bond acceptors (Lipinski definition) is 7. The number of aromatic nitrogens is 1. The minimum Gasteiger partial charge on any atom is -0.726 e. The average Bonchev–Trinajstić information content (AvgIpc) is 2.09. The van der Waals surface area contributed by atoms with Gasteiger partial charge in [-0.15, -0.1) is 0 Å². The fraction of sp³-hybridized carbons (Fsp3) is 0. The Bertz CT molecular complexity index is 619. The molecule has 1 aromatic heterocycles. The highest BCUT2D eigenvalue weighted by Crippen LogP contribution is 2.05. The van der Waals surface area contributed by atoms with Gasteiger partial charge in [-0.25, -0.2) is 21.6 Å². The molecule has 0 atom stereocenters. The summed E-state index contributed by atoms with van der Waals surface area (Å²) < 4.78 is 65.7. The van der Waals surface area contributed by atoms with E-state index in [1.54, 1.807) is 6.07 Å². The summed E-state index contributed by atoms with van der Waals surface area (Å²) in [5.41, 5.74) is 4.18. The predicted octanol–water partition coefficient (Wildman–Crippen LogP) is -2.27. The normalized spacial score (nSPS) is 10.6. The fourth-order valence-corrected chi connectivity index (χ4v) is 0.948. The van der Waals surface area contributed by atoms with E-state index < -0.39 is 26.8 Å². The number of pyridine rings is 1. The van der Waals surface area contributed by atoms with E-state index in [1.165, 1.54) is 6.07 Å².